The van der Waals surface area contributed by atoms with Gasteiger partial charge in [-0.1, -0.05) is 30.3 Å². The lowest BCUT2D eigenvalue weighted by Gasteiger charge is -2.13. The molecule has 0 saturated heterocycles. The summed E-state index contributed by atoms with van der Waals surface area (Å²) in [7, 11) is 3.07. The van der Waals surface area contributed by atoms with Gasteiger partial charge in [0.15, 0.2) is 0 Å². The summed E-state index contributed by atoms with van der Waals surface area (Å²) in [5.74, 6) is -0.389. The average Bonchev–Trinajstić information content (AvgIpc) is 2.66. The quantitative estimate of drug-likeness (QED) is 0.711. The van der Waals surface area contributed by atoms with Crippen molar-refractivity contribution in [1.29, 1.82) is 0 Å². The Balaban J connectivity index is 2.08. The second kappa shape index (κ2) is 9.27. The topological polar surface area (TPSA) is 84.9 Å². The summed E-state index contributed by atoms with van der Waals surface area (Å²) in [5.41, 5.74) is 1.48. The Hall–Kier alpha value is -3.28. The van der Waals surface area contributed by atoms with E-state index >= 15 is 0 Å². The van der Waals surface area contributed by atoms with Gasteiger partial charge in [0.05, 0.1) is 14.2 Å². The number of aliphatic carboxylic acids is 1. The van der Waals surface area contributed by atoms with Crippen LogP contribution in [0.2, 0.25) is 0 Å². The van der Waals surface area contributed by atoms with E-state index < -0.39 is 17.9 Å². The Morgan fingerprint density at radius 2 is 1.85 bits per heavy atom. The number of carbonyl (C=O) groups is 2. The summed E-state index contributed by atoms with van der Waals surface area (Å²) < 4.78 is 10.4. The molecule has 2 N–H and O–H groups in total. The van der Waals surface area contributed by atoms with Crippen molar-refractivity contribution in [1.82, 2.24) is 5.32 Å². The smallest absolute Gasteiger partial charge is 0.326 e. The molecule has 0 heterocycles. The maximum absolute atomic E-state index is 12.1. The Morgan fingerprint density at radius 3 is 2.46 bits per heavy atom. The largest absolute Gasteiger partial charge is 0.497 e. The van der Waals surface area contributed by atoms with Crippen LogP contribution in [0.1, 0.15) is 11.1 Å². The van der Waals surface area contributed by atoms with Crippen LogP contribution in [0.3, 0.4) is 0 Å². The second-order valence-corrected chi connectivity index (χ2v) is 5.53. The zero-order valence-electron chi connectivity index (χ0n) is 14.6. The minimum absolute atomic E-state index is 0.207. The number of ether oxygens (including phenoxy) is 2. The van der Waals surface area contributed by atoms with Crippen LogP contribution >= 0.6 is 0 Å². The van der Waals surface area contributed by atoms with Gasteiger partial charge in [-0.25, -0.2) is 4.79 Å². The van der Waals surface area contributed by atoms with E-state index in [1.54, 1.807) is 31.4 Å². The Morgan fingerprint density at radius 1 is 1.12 bits per heavy atom. The molecule has 0 aliphatic rings. The van der Waals surface area contributed by atoms with E-state index in [4.69, 9.17) is 9.47 Å². The number of amides is 1. The molecule has 0 bridgehead atoms. The van der Waals surface area contributed by atoms with E-state index in [0.29, 0.717) is 17.1 Å². The molecule has 0 fully saturated rings. The van der Waals surface area contributed by atoms with Crippen LogP contribution < -0.4 is 14.8 Å². The number of rotatable bonds is 8. The van der Waals surface area contributed by atoms with Crippen LogP contribution in [0.15, 0.2) is 54.6 Å². The van der Waals surface area contributed by atoms with Crippen molar-refractivity contribution in [2.45, 2.75) is 12.5 Å². The number of hydrogen-bond acceptors (Lipinski definition) is 4. The van der Waals surface area contributed by atoms with Gasteiger partial charge >= 0.3 is 5.97 Å². The third-order valence-corrected chi connectivity index (χ3v) is 3.75. The maximum atomic E-state index is 12.1. The number of hydrogen-bond donors (Lipinski definition) is 2. The molecule has 26 heavy (non-hydrogen) atoms. The van der Waals surface area contributed by atoms with E-state index in [1.807, 2.05) is 30.3 Å². The van der Waals surface area contributed by atoms with E-state index in [1.165, 1.54) is 13.2 Å². The lowest BCUT2D eigenvalue weighted by atomic mass is 10.1. The minimum atomic E-state index is -1.09. The fourth-order valence-electron chi connectivity index (χ4n) is 2.40. The van der Waals surface area contributed by atoms with Crippen molar-refractivity contribution < 1.29 is 24.2 Å². The van der Waals surface area contributed by atoms with E-state index in [-0.39, 0.29) is 6.42 Å². The molecule has 2 rings (SSSR count). The second-order valence-electron chi connectivity index (χ2n) is 5.53. The highest BCUT2D eigenvalue weighted by Crippen LogP contribution is 2.25. The first-order chi connectivity index (χ1) is 12.5. The Labute approximate surface area is 152 Å². The first-order valence-electron chi connectivity index (χ1n) is 8.01. The highest BCUT2D eigenvalue weighted by molar-refractivity contribution is 5.94. The number of methoxy groups -OCH3 is 2. The van der Waals surface area contributed by atoms with Crippen molar-refractivity contribution in [3.05, 3.63) is 65.7 Å². The first-order valence-corrected chi connectivity index (χ1v) is 8.01. The van der Waals surface area contributed by atoms with E-state index in [9.17, 15) is 14.7 Å². The predicted molar refractivity (Wildman–Crippen MR) is 98.3 cm³/mol. The normalized spacial score (nSPS) is 11.8. The molecule has 0 saturated carbocycles. The number of carbonyl (C=O) groups excluding carboxylic acids is 1. The standard InChI is InChI=1S/C20H21NO5/c1-25-16-9-10-18(26-2)15(13-16)8-11-19(22)21-17(20(23)24)12-14-6-4-3-5-7-14/h3-11,13,17H,12H2,1-2H3,(H,21,22)(H,23,24)/b11-8+. The summed E-state index contributed by atoms with van der Waals surface area (Å²) in [4.78, 5) is 23.6. The predicted octanol–water partition coefficient (Wildman–Crippen LogP) is 2.53. The van der Waals surface area contributed by atoms with Gasteiger partial charge in [-0.05, 0) is 29.8 Å². The van der Waals surface area contributed by atoms with Gasteiger partial charge in [0.25, 0.3) is 0 Å². The fourth-order valence-corrected chi connectivity index (χ4v) is 2.40. The molecule has 2 aromatic rings. The lowest BCUT2D eigenvalue weighted by Crippen LogP contribution is -2.41. The van der Waals surface area contributed by atoms with Gasteiger partial charge in [0.2, 0.25) is 5.91 Å². The zero-order valence-corrected chi connectivity index (χ0v) is 14.6. The molecular formula is C20H21NO5. The first kappa shape index (κ1) is 19.1. The SMILES string of the molecule is COc1ccc(OC)c(/C=C/C(=O)NC(Cc2ccccc2)C(=O)O)c1. The monoisotopic (exact) mass is 355 g/mol. The minimum Gasteiger partial charge on any atom is -0.497 e. The van der Waals surface area contributed by atoms with Crippen molar-refractivity contribution in [3.8, 4) is 11.5 Å². The van der Waals surface area contributed by atoms with Crippen LogP contribution in [-0.4, -0.2) is 37.2 Å². The van der Waals surface area contributed by atoms with Gasteiger partial charge in [-0.15, -0.1) is 0 Å². The molecule has 6 nitrogen and oxygen atoms in total. The molecule has 136 valence electrons. The molecule has 0 radical (unpaired) electrons. The molecule has 1 atom stereocenters. The summed E-state index contributed by atoms with van der Waals surface area (Å²) in [6.45, 7) is 0. The van der Waals surface area contributed by atoms with Gasteiger partial charge in [0.1, 0.15) is 17.5 Å². The molecular weight excluding hydrogens is 334 g/mol. The molecule has 0 spiro atoms. The van der Waals surface area contributed by atoms with Gasteiger partial charge in [0, 0.05) is 18.1 Å². The third kappa shape index (κ3) is 5.37. The highest BCUT2D eigenvalue weighted by Gasteiger charge is 2.19. The van der Waals surface area contributed by atoms with Crippen LogP contribution in [0.25, 0.3) is 6.08 Å². The summed E-state index contributed by atoms with van der Waals surface area (Å²) in [5, 5.41) is 11.8. The lowest BCUT2D eigenvalue weighted by molar-refractivity contribution is -0.141. The average molecular weight is 355 g/mol. The summed E-state index contributed by atoms with van der Waals surface area (Å²) in [6, 6.07) is 13.3. The number of carboxylic acids is 1. The van der Waals surface area contributed by atoms with E-state index in [2.05, 4.69) is 5.32 Å². The summed E-state index contributed by atoms with van der Waals surface area (Å²) >= 11 is 0. The Kier molecular flexibility index (Phi) is 6.79. The summed E-state index contributed by atoms with van der Waals surface area (Å²) in [6.07, 6.45) is 3.04. The molecule has 0 aliphatic carbocycles. The fraction of sp³-hybridized carbons (Fsp3) is 0.200. The zero-order chi connectivity index (χ0) is 18.9. The van der Waals surface area contributed by atoms with E-state index in [0.717, 1.165) is 5.56 Å². The molecule has 0 aromatic heterocycles. The van der Waals surface area contributed by atoms with Gasteiger partial charge < -0.3 is 19.9 Å². The molecule has 1 unspecified atom stereocenters. The van der Waals surface area contributed by atoms with Crippen molar-refractivity contribution >= 4 is 18.0 Å². The van der Waals surface area contributed by atoms with Crippen LogP contribution in [0, 0.1) is 0 Å². The Bertz CT molecular complexity index is 786. The number of carboxylic acid groups (broad SMARTS) is 1. The third-order valence-electron chi connectivity index (χ3n) is 3.75. The van der Waals surface area contributed by atoms with Gasteiger partial charge in [-0.3, -0.25) is 4.79 Å². The maximum Gasteiger partial charge on any atom is 0.326 e. The van der Waals surface area contributed by atoms with Crippen molar-refractivity contribution in [3.63, 3.8) is 0 Å². The van der Waals surface area contributed by atoms with Crippen LogP contribution in [0.4, 0.5) is 0 Å². The van der Waals surface area contributed by atoms with Crippen molar-refractivity contribution in [2.24, 2.45) is 0 Å². The molecule has 0 aliphatic heterocycles. The van der Waals surface area contributed by atoms with Crippen LogP contribution in [-0.2, 0) is 16.0 Å². The van der Waals surface area contributed by atoms with Crippen molar-refractivity contribution in [2.75, 3.05) is 14.2 Å². The van der Waals surface area contributed by atoms with Crippen LogP contribution in [0.5, 0.6) is 11.5 Å². The molecule has 1 amide bonds. The highest BCUT2D eigenvalue weighted by atomic mass is 16.5. The van der Waals surface area contributed by atoms with Gasteiger partial charge in [-0.2, -0.15) is 0 Å². The number of benzene rings is 2. The molecule has 2 aromatic carbocycles. The molecule has 6 heteroatoms. The number of nitrogens with one attached hydrogen (secondary N) is 1.